The fourth-order valence-corrected chi connectivity index (χ4v) is 2.72. The summed E-state index contributed by atoms with van der Waals surface area (Å²) >= 11 is 5.82. The maximum absolute atomic E-state index is 12.5. The van der Waals surface area contributed by atoms with Crippen LogP contribution in [0.15, 0.2) is 53.1 Å². The van der Waals surface area contributed by atoms with Gasteiger partial charge in [-0.25, -0.2) is 0 Å². The second-order valence-electron chi connectivity index (χ2n) is 6.34. The number of hydrogen-bond acceptors (Lipinski definition) is 7. The summed E-state index contributed by atoms with van der Waals surface area (Å²) in [5.74, 6) is -1.63. The molecule has 0 fully saturated rings. The number of methoxy groups -OCH3 is 1. The first-order valence-corrected chi connectivity index (χ1v) is 9.35. The van der Waals surface area contributed by atoms with Crippen LogP contribution in [0.4, 0.5) is 13.2 Å². The van der Waals surface area contributed by atoms with Crippen LogP contribution in [-0.2, 0) is 9.53 Å². The van der Waals surface area contributed by atoms with Crippen molar-refractivity contribution in [2.24, 2.45) is 0 Å². The van der Waals surface area contributed by atoms with Gasteiger partial charge in [0.05, 0.1) is 13.5 Å². The number of esters is 1. The largest absolute Gasteiger partial charge is 0.573 e. The van der Waals surface area contributed by atoms with Crippen LogP contribution in [0.3, 0.4) is 0 Å². The Morgan fingerprint density at radius 1 is 1.12 bits per heavy atom. The van der Waals surface area contributed by atoms with Crippen molar-refractivity contribution in [3.63, 3.8) is 0 Å². The number of carbonyl (C=O) groups excluding carboxylic acids is 2. The van der Waals surface area contributed by atoms with E-state index in [1.807, 2.05) is 0 Å². The van der Waals surface area contributed by atoms with E-state index < -0.39 is 30.0 Å². The van der Waals surface area contributed by atoms with Gasteiger partial charge in [-0.2, -0.15) is 4.98 Å². The Hall–Kier alpha value is -3.60. The molecular formula is C20H15ClF3N3O5. The van der Waals surface area contributed by atoms with E-state index in [1.54, 1.807) is 0 Å². The molecular weight excluding hydrogens is 455 g/mol. The number of halogens is 4. The number of alkyl halides is 3. The second kappa shape index (κ2) is 9.69. The predicted octanol–water partition coefficient (Wildman–Crippen LogP) is 4.32. The van der Waals surface area contributed by atoms with Gasteiger partial charge in [0, 0.05) is 16.1 Å². The lowest BCUT2D eigenvalue weighted by atomic mass is 10.1. The van der Waals surface area contributed by atoms with Crippen LogP contribution in [0.25, 0.3) is 11.4 Å². The Balaban J connectivity index is 1.79. The van der Waals surface area contributed by atoms with Crippen LogP contribution >= 0.6 is 11.6 Å². The Morgan fingerprint density at radius 2 is 1.78 bits per heavy atom. The zero-order chi connectivity index (χ0) is 23.3. The smallest absolute Gasteiger partial charge is 0.469 e. The van der Waals surface area contributed by atoms with Gasteiger partial charge < -0.3 is 19.3 Å². The van der Waals surface area contributed by atoms with Crippen molar-refractivity contribution < 1.29 is 36.8 Å². The van der Waals surface area contributed by atoms with E-state index in [0.29, 0.717) is 10.6 Å². The van der Waals surface area contributed by atoms with Gasteiger partial charge in [0.25, 0.3) is 5.91 Å². The quantitative estimate of drug-likeness (QED) is 0.514. The summed E-state index contributed by atoms with van der Waals surface area (Å²) in [5.41, 5.74) is 0.611. The number of hydrogen-bond donors (Lipinski definition) is 1. The molecule has 1 atom stereocenters. The van der Waals surface area contributed by atoms with Gasteiger partial charge in [0.2, 0.25) is 11.7 Å². The molecule has 3 aromatic rings. The zero-order valence-corrected chi connectivity index (χ0v) is 17.1. The van der Waals surface area contributed by atoms with E-state index in [-0.39, 0.29) is 23.7 Å². The molecule has 8 nitrogen and oxygen atoms in total. The van der Waals surface area contributed by atoms with Gasteiger partial charge in [-0.05, 0) is 48.5 Å². The van der Waals surface area contributed by atoms with Crippen LogP contribution in [0.1, 0.15) is 28.7 Å². The fraction of sp³-hybridized carbons (Fsp3) is 0.200. The van der Waals surface area contributed by atoms with Crippen molar-refractivity contribution in [2.75, 3.05) is 7.11 Å². The third-order valence-corrected chi connectivity index (χ3v) is 4.35. The molecule has 0 bridgehead atoms. The predicted molar refractivity (Wildman–Crippen MR) is 105 cm³/mol. The third-order valence-electron chi connectivity index (χ3n) is 4.10. The molecule has 0 radical (unpaired) electrons. The first-order valence-electron chi connectivity index (χ1n) is 8.97. The van der Waals surface area contributed by atoms with Crippen molar-refractivity contribution in [2.45, 2.75) is 18.8 Å². The average molecular weight is 470 g/mol. The molecule has 0 saturated carbocycles. The highest BCUT2D eigenvalue weighted by atomic mass is 35.5. The molecule has 32 heavy (non-hydrogen) atoms. The summed E-state index contributed by atoms with van der Waals surface area (Å²) in [4.78, 5) is 28.5. The van der Waals surface area contributed by atoms with Crippen molar-refractivity contribution in [1.29, 1.82) is 0 Å². The lowest BCUT2D eigenvalue weighted by molar-refractivity contribution is -0.274. The molecule has 1 aromatic heterocycles. The van der Waals surface area contributed by atoms with Crippen molar-refractivity contribution in [3.05, 3.63) is 65.0 Å². The Bertz CT molecular complexity index is 1090. The average Bonchev–Trinajstić information content (AvgIpc) is 3.23. The van der Waals surface area contributed by atoms with E-state index >= 15 is 0 Å². The van der Waals surface area contributed by atoms with Gasteiger partial charge in [-0.3, -0.25) is 9.59 Å². The van der Waals surface area contributed by atoms with Gasteiger partial charge in [-0.15, -0.1) is 13.2 Å². The van der Waals surface area contributed by atoms with Crippen LogP contribution in [0.2, 0.25) is 5.02 Å². The first-order chi connectivity index (χ1) is 15.1. The lowest BCUT2D eigenvalue weighted by Gasteiger charge is -2.14. The molecule has 1 heterocycles. The second-order valence-corrected chi connectivity index (χ2v) is 6.78. The first kappa shape index (κ1) is 23.1. The molecule has 1 unspecified atom stereocenters. The molecule has 0 spiro atoms. The minimum atomic E-state index is -4.82. The summed E-state index contributed by atoms with van der Waals surface area (Å²) in [5, 5.41) is 6.82. The van der Waals surface area contributed by atoms with Crippen molar-refractivity contribution >= 4 is 23.5 Å². The topological polar surface area (TPSA) is 104 Å². The van der Waals surface area contributed by atoms with Gasteiger partial charge in [0.15, 0.2) is 0 Å². The number of nitrogens with zero attached hydrogens (tertiary/aromatic N) is 2. The number of benzene rings is 2. The SMILES string of the molecule is COC(=O)CC(NC(=O)c1ccc(Cl)cc1)c1nc(-c2ccc(OC(F)(F)F)cc2)no1. The summed E-state index contributed by atoms with van der Waals surface area (Å²) in [6.45, 7) is 0. The highest BCUT2D eigenvalue weighted by Crippen LogP contribution is 2.26. The maximum atomic E-state index is 12.5. The van der Waals surface area contributed by atoms with Crippen molar-refractivity contribution in [3.8, 4) is 17.1 Å². The van der Waals surface area contributed by atoms with E-state index in [9.17, 15) is 22.8 Å². The van der Waals surface area contributed by atoms with Crippen LogP contribution in [-0.4, -0.2) is 35.5 Å². The van der Waals surface area contributed by atoms with Crippen LogP contribution < -0.4 is 10.1 Å². The monoisotopic (exact) mass is 469 g/mol. The van der Waals surface area contributed by atoms with Crippen molar-refractivity contribution in [1.82, 2.24) is 15.5 Å². The molecule has 2 aromatic carbocycles. The number of ether oxygens (including phenoxy) is 2. The molecule has 0 aliphatic carbocycles. The standard InChI is InChI=1S/C20H15ClF3N3O5/c1-30-16(28)10-15(25-18(29)12-2-6-13(21)7-3-12)19-26-17(27-32-19)11-4-8-14(9-5-11)31-20(22,23)24/h2-9,15H,10H2,1H3,(H,25,29). The highest BCUT2D eigenvalue weighted by molar-refractivity contribution is 6.30. The summed E-state index contributed by atoms with van der Waals surface area (Å²) in [6.07, 6.45) is -5.11. The summed E-state index contributed by atoms with van der Waals surface area (Å²) in [6, 6.07) is 9.83. The molecule has 1 amide bonds. The molecule has 168 valence electrons. The zero-order valence-electron chi connectivity index (χ0n) is 16.4. The Morgan fingerprint density at radius 3 is 2.38 bits per heavy atom. The Kier molecular flexibility index (Phi) is 6.98. The minimum absolute atomic E-state index is 0.0363. The molecule has 3 rings (SSSR count). The molecule has 1 N–H and O–H groups in total. The third kappa shape index (κ3) is 6.20. The normalized spacial score (nSPS) is 12.2. The van der Waals surface area contributed by atoms with Gasteiger partial charge >= 0.3 is 12.3 Å². The Labute approximate surface area is 184 Å². The minimum Gasteiger partial charge on any atom is -0.469 e. The van der Waals surface area contributed by atoms with E-state index in [0.717, 1.165) is 12.1 Å². The van der Waals surface area contributed by atoms with E-state index in [4.69, 9.17) is 16.1 Å². The summed E-state index contributed by atoms with van der Waals surface area (Å²) in [7, 11) is 1.18. The molecule has 0 aliphatic heterocycles. The lowest BCUT2D eigenvalue weighted by Crippen LogP contribution is -2.30. The van der Waals surface area contributed by atoms with E-state index in [2.05, 4.69) is 24.9 Å². The number of rotatable bonds is 7. The highest BCUT2D eigenvalue weighted by Gasteiger charge is 2.31. The fourth-order valence-electron chi connectivity index (χ4n) is 2.59. The van der Waals surface area contributed by atoms with Gasteiger partial charge in [-0.1, -0.05) is 16.8 Å². The molecule has 0 saturated heterocycles. The number of carbonyl (C=O) groups is 2. The maximum Gasteiger partial charge on any atom is 0.573 e. The summed E-state index contributed by atoms with van der Waals surface area (Å²) < 4.78 is 50.5. The number of nitrogens with one attached hydrogen (secondary N) is 1. The number of aromatic nitrogens is 2. The van der Waals surface area contributed by atoms with E-state index in [1.165, 1.54) is 43.5 Å². The molecule has 12 heteroatoms. The number of amides is 1. The van der Waals surface area contributed by atoms with Crippen LogP contribution in [0.5, 0.6) is 5.75 Å². The molecule has 0 aliphatic rings. The van der Waals surface area contributed by atoms with Gasteiger partial charge in [0.1, 0.15) is 11.8 Å². The van der Waals surface area contributed by atoms with Crippen LogP contribution in [0, 0.1) is 0 Å².